The van der Waals surface area contributed by atoms with Gasteiger partial charge in [0.25, 0.3) is 0 Å². The zero-order chi connectivity index (χ0) is 23.4. The molecular formula is C20H27N3O6S2. The van der Waals surface area contributed by atoms with Crippen LogP contribution in [0.5, 0.6) is 5.75 Å². The van der Waals surface area contributed by atoms with Crippen LogP contribution in [0, 0.1) is 6.92 Å². The molecule has 0 bridgehead atoms. The fourth-order valence-corrected chi connectivity index (χ4v) is 4.89. The van der Waals surface area contributed by atoms with Crippen LogP contribution in [0.1, 0.15) is 18.1 Å². The lowest BCUT2D eigenvalue weighted by Crippen LogP contribution is -2.44. The summed E-state index contributed by atoms with van der Waals surface area (Å²) in [5.41, 5.74) is 1.33. The van der Waals surface area contributed by atoms with E-state index in [0.717, 1.165) is 4.31 Å². The molecule has 31 heavy (non-hydrogen) atoms. The van der Waals surface area contributed by atoms with Crippen LogP contribution >= 0.6 is 0 Å². The van der Waals surface area contributed by atoms with Crippen molar-refractivity contribution in [1.82, 2.24) is 14.3 Å². The SMILES string of the molecule is COc1ccc(S(=O)(=O)N[C@@H](C)C(=O)NCc2ccc(S(=O)(=O)N(C)C)cc2)cc1C. The Hall–Kier alpha value is -2.47. The van der Waals surface area contributed by atoms with E-state index in [1.54, 1.807) is 25.1 Å². The zero-order valence-corrected chi connectivity index (χ0v) is 19.7. The first kappa shape index (κ1) is 24.8. The average molecular weight is 470 g/mol. The molecule has 2 aromatic rings. The van der Waals surface area contributed by atoms with Gasteiger partial charge in [-0.2, -0.15) is 4.72 Å². The van der Waals surface area contributed by atoms with Crippen LogP contribution in [-0.4, -0.2) is 54.3 Å². The van der Waals surface area contributed by atoms with Crippen molar-refractivity contribution in [3.05, 3.63) is 53.6 Å². The second kappa shape index (κ2) is 9.77. The van der Waals surface area contributed by atoms with Crippen molar-refractivity contribution < 1.29 is 26.4 Å². The number of amides is 1. The number of nitrogens with one attached hydrogen (secondary N) is 2. The van der Waals surface area contributed by atoms with Crippen molar-refractivity contribution in [3.8, 4) is 5.75 Å². The van der Waals surface area contributed by atoms with E-state index in [9.17, 15) is 21.6 Å². The Kier molecular flexibility index (Phi) is 7.82. The maximum absolute atomic E-state index is 12.6. The van der Waals surface area contributed by atoms with E-state index < -0.39 is 32.0 Å². The molecule has 2 aromatic carbocycles. The van der Waals surface area contributed by atoms with Gasteiger partial charge in [0.1, 0.15) is 5.75 Å². The van der Waals surface area contributed by atoms with Crippen LogP contribution in [0.3, 0.4) is 0 Å². The fraction of sp³-hybridized carbons (Fsp3) is 0.350. The predicted molar refractivity (Wildman–Crippen MR) is 117 cm³/mol. The van der Waals surface area contributed by atoms with Gasteiger partial charge in [0.2, 0.25) is 26.0 Å². The predicted octanol–water partition coefficient (Wildman–Crippen LogP) is 1.24. The number of ether oxygens (including phenoxy) is 1. The minimum Gasteiger partial charge on any atom is -0.496 e. The Morgan fingerprint density at radius 3 is 2.13 bits per heavy atom. The molecule has 2 N–H and O–H groups in total. The van der Waals surface area contributed by atoms with Gasteiger partial charge >= 0.3 is 0 Å². The number of carbonyl (C=O) groups excluding carboxylic acids is 1. The number of hydrogen-bond acceptors (Lipinski definition) is 6. The van der Waals surface area contributed by atoms with E-state index in [2.05, 4.69) is 10.0 Å². The van der Waals surface area contributed by atoms with Gasteiger partial charge in [0.05, 0.1) is 22.9 Å². The first-order chi connectivity index (χ1) is 14.4. The molecule has 11 heteroatoms. The van der Waals surface area contributed by atoms with Crippen LogP contribution < -0.4 is 14.8 Å². The Morgan fingerprint density at radius 1 is 1.03 bits per heavy atom. The minimum atomic E-state index is -3.90. The third-order valence-corrected chi connectivity index (χ3v) is 7.94. The molecule has 2 rings (SSSR count). The molecule has 0 aromatic heterocycles. The van der Waals surface area contributed by atoms with E-state index >= 15 is 0 Å². The Morgan fingerprint density at radius 2 is 1.61 bits per heavy atom. The van der Waals surface area contributed by atoms with E-state index in [4.69, 9.17) is 4.74 Å². The van der Waals surface area contributed by atoms with Crippen LogP contribution in [0.25, 0.3) is 0 Å². The van der Waals surface area contributed by atoms with Crippen LogP contribution in [-0.2, 0) is 31.4 Å². The highest BCUT2D eigenvalue weighted by atomic mass is 32.2. The summed E-state index contributed by atoms with van der Waals surface area (Å²) in [6.07, 6.45) is 0. The minimum absolute atomic E-state index is 0.0307. The van der Waals surface area contributed by atoms with Crippen molar-refractivity contribution in [1.29, 1.82) is 0 Å². The molecule has 0 unspecified atom stereocenters. The second-order valence-corrected chi connectivity index (χ2v) is 11.0. The van der Waals surface area contributed by atoms with Gasteiger partial charge in [-0.3, -0.25) is 4.79 Å². The molecule has 1 atom stereocenters. The molecule has 0 radical (unpaired) electrons. The number of benzene rings is 2. The summed E-state index contributed by atoms with van der Waals surface area (Å²) in [6, 6.07) is 9.49. The molecule has 0 saturated heterocycles. The molecule has 0 aliphatic carbocycles. The molecule has 0 saturated carbocycles. The molecule has 1 amide bonds. The van der Waals surface area contributed by atoms with Crippen molar-refractivity contribution in [2.45, 2.75) is 36.2 Å². The molecule has 0 heterocycles. The van der Waals surface area contributed by atoms with Gasteiger partial charge < -0.3 is 10.1 Å². The monoisotopic (exact) mass is 469 g/mol. The zero-order valence-electron chi connectivity index (χ0n) is 18.0. The third kappa shape index (κ3) is 6.03. The quantitative estimate of drug-likeness (QED) is 0.570. The van der Waals surface area contributed by atoms with Crippen molar-refractivity contribution >= 4 is 26.0 Å². The maximum Gasteiger partial charge on any atom is 0.242 e. The van der Waals surface area contributed by atoms with Gasteiger partial charge in [0, 0.05) is 20.6 Å². The first-order valence-electron chi connectivity index (χ1n) is 9.34. The molecular weight excluding hydrogens is 442 g/mol. The number of nitrogens with zero attached hydrogens (tertiary/aromatic N) is 1. The van der Waals surface area contributed by atoms with Crippen molar-refractivity contribution in [2.24, 2.45) is 0 Å². The van der Waals surface area contributed by atoms with Crippen LogP contribution in [0.15, 0.2) is 52.3 Å². The lowest BCUT2D eigenvalue weighted by atomic mass is 10.2. The number of rotatable bonds is 9. The number of hydrogen-bond donors (Lipinski definition) is 2. The normalized spacial score (nSPS) is 13.1. The number of aryl methyl sites for hydroxylation is 1. The highest BCUT2D eigenvalue weighted by Crippen LogP contribution is 2.21. The number of methoxy groups -OCH3 is 1. The van der Waals surface area contributed by atoms with Gasteiger partial charge in [-0.1, -0.05) is 12.1 Å². The molecule has 9 nitrogen and oxygen atoms in total. The lowest BCUT2D eigenvalue weighted by Gasteiger charge is -2.16. The third-order valence-electron chi connectivity index (χ3n) is 4.57. The molecule has 0 fully saturated rings. The highest BCUT2D eigenvalue weighted by Gasteiger charge is 2.23. The first-order valence-corrected chi connectivity index (χ1v) is 12.3. The average Bonchev–Trinajstić information content (AvgIpc) is 2.71. The van der Waals surface area contributed by atoms with Crippen LogP contribution in [0.4, 0.5) is 0 Å². The highest BCUT2D eigenvalue weighted by molar-refractivity contribution is 7.89. The van der Waals surface area contributed by atoms with E-state index in [-0.39, 0.29) is 16.3 Å². The van der Waals surface area contributed by atoms with Gasteiger partial charge in [0.15, 0.2) is 0 Å². The molecule has 170 valence electrons. The Labute approximate surface area is 183 Å². The number of carbonyl (C=O) groups is 1. The van der Waals surface area contributed by atoms with E-state index in [1.165, 1.54) is 52.4 Å². The van der Waals surface area contributed by atoms with Gasteiger partial charge in [-0.25, -0.2) is 21.1 Å². The number of sulfonamides is 2. The van der Waals surface area contributed by atoms with Gasteiger partial charge in [-0.15, -0.1) is 0 Å². The van der Waals surface area contributed by atoms with Crippen molar-refractivity contribution in [2.75, 3.05) is 21.2 Å². The van der Waals surface area contributed by atoms with Gasteiger partial charge in [-0.05, 0) is 55.3 Å². The summed E-state index contributed by atoms with van der Waals surface area (Å²) < 4.78 is 57.9. The Balaban J connectivity index is 2.00. The lowest BCUT2D eigenvalue weighted by molar-refractivity contribution is -0.122. The molecule has 0 aliphatic rings. The van der Waals surface area contributed by atoms with Crippen LogP contribution in [0.2, 0.25) is 0 Å². The molecule has 0 aliphatic heterocycles. The van der Waals surface area contributed by atoms with Crippen molar-refractivity contribution in [3.63, 3.8) is 0 Å². The summed E-state index contributed by atoms with van der Waals surface area (Å²) in [5, 5.41) is 2.64. The van der Waals surface area contributed by atoms with E-state index in [0.29, 0.717) is 16.9 Å². The summed E-state index contributed by atoms with van der Waals surface area (Å²) in [7, 11) is -3.05. The fourth-order valence-electron chi connectivity index (χ4n) is 2.70. The molecule has 0 spiro atoms. The summed E-state index contributed by atoms with van der Waals surface area (Å²) in [4.78, 5) is 12.5. The summed E-state index contributed by atoms with van der Waals surface area (Å²) >= 11 is 0. The Bertz CT molecular complexity index is 1140. The second-order valence-electron chi connectivity index (χ2n) is 7.12. The summed E-state index contributed by atoms with van der Waals surface area (Å²) in [6.45, 7) is 3.29. The maximum atomic E-state index is 12.6. The largest absolute Gasteiger partial charge is 0.496 e. The standard InChI is InChI=1S/C20H27N3O6S2/c1-14-12-18(10-11-19(14)29-5)30(25,26)22-15(2)20(24)21-13-16-6-8-17(9-7-16)31(27,28)23(3)4/h6-12,15,22H,13H2,1-5H3,(H,21,24)/t15-/m0/s1. The van der Waals surface area contributed by atoms with E-state index in [1.807, 2.05) is 0 Å². The summed E-state index contributed by atoms with van der Waals surface area (Å²) in [5.74, 6) is 0.0490. The smallest absolute Gasteiger partial charge is 0.242 e. The topological polar surface area (TPSA) is 122 Å².